The Bertz CT molecular complexity index is 937. The number of nitrogens with one attached hydrogen (secondary N) is 1. The molecule has 6 nitrogen and oxygen atoms in total. The van der Waals surface area contributed by atoms with Crippen LogP contribution < -0.4 is 15.8 Å². The van der Waals surface area contributed by atoms with E-state index in [-0.39, 0.29) is 5.91 Å². The SMILES string of the molecule is O=C(Cn1cccc(C(F)(F)F)c1=O)Nc1ccccc1N1CCCC1=O. The molecular weight excluding hydrogens is 363 g/mol. The number of carbonyl (C=O) groups excluding carboxylic acids is 2. The summed E-state index contributed by atoms with van der Waals surface area (Å²) < 4.78 is 39.2. The van der Waals surface area contributed by atoms with Crippen LogP contribution in [0.5, 0.6) is 0 Å². The first-order valence-electron chi connectivity index (χ1n) is 8.23. The van der Waals surface area contributed by atoms with Crippen molar-refractivity contribution in [3.05, 3.63) is 58.5 Å². The first kappa shape index (κ1) is 18.7. The summed E-state index contributed by atoms with van der Waals surface area (Å²) in [5.74, 6) is -0.735. The van der Waals surface area contributed by atoms with Crippen molar-refractivity contribution in [2.45, 2.75) is 25.6 Å². The molecule has 1 aromatic carbocycles. The third kappa shape index (κ3) is 4.02. The molecule has 1 fully saturated rings. The van der Waals surface area contributed by atoms with E-state index in [0.717, 1.165) is 12.3 Å². The summed E-state index contributed by atoms with van der Waals surface area (Å²) in [4.78, 5) is 37.7. The molecule has 0 saturated carbocycles. The lowest BCUT2D eigenvalue weighted by atomic mass is 10.2. The average molecular weight is 379 g/mol. The van der Waals surface area contributed by atoms with Crippen molar-refractivity contribution in [1.82, 2.24) is 4.57 Å². The lowest BCUT2D eigenvalue weighted by molar-refractivity contribution is -0.139. The standard InChI is InChI=1S/C18H16F3N3O3/c19-18(20,21)12-5-3-9-23(17(12)27)11-15(25)22-13-6-1-2-7-14(13)24-10-4-8-16(24)26/h1-3,5-7,9H,4,8,10-11H2,(H,22,25). The first-order valence-corrected chi connectivity index (χ1v) is 8.23. The number of nitrogens with zero attached hydrogens (tertiary/aromatic N) is 2. The van der Waals surface area contributed by atoms with E-state index in [1.54, 1.807) is 29.2 Å². The highest BCUT2D eigenvalue weighted by Crippen LogP contribution is 2.29. The molecule has 0 radical (unpaired) electrons. The fourth-order valence-electron chi connectivity index (χ4n) is 2.94. The molecule has 2 aromatic rings. The fraction of sp³-hybridized carbons (Fsp3) is 0.278. The van der Waals surface area contributed by atoms with Crippen molar-refractivity contribution in [2.24, 2.45) is 0 Å². The molecule has 0 aliphatic carbocycles. The van der Waals surface area contributed by atoms with Crippen LogP contribution in [-0.4, -0.2) is 22.9 Å². The van der Waals surface area contributed by atoms with Crippen LogP contribution in [0.1, 0.15) is 18.4 Å². The number of rotatable bonds is 4. The molecule has 142 valence electrons. The molecule has 1 aliphatic heterocycles. The van der Waals surface area contributed by atoms with Crippen LogP contribution in [0.4, 0.5) is 24.5 Å². The summed E-state index contributed by atoms with van der Waals surface area (Å²) in [7, 11) is 0. The molecule has 1 N–H and O–H groups in total. The van der Waals surface area contributed by atoms with Gasteiger partial charge < -0.3 is 14.8 Å². The molecular formula is C18H16F3N3O3. The summed E-state index contributed by atoms with van der Waals surface area (Å²) in [6, 6.07) is 8.38. The molecule has 1 aromatic heterocycles. The van der Waals surface area contributed by atoms with Crippen LogP contribution in [0, 0.1) is 0 Å². The van der Waals surface area contributed by atoms with E-state index in [9.17, 15) is 27.6 Å². The van der Waals surface area contributed by atoms with Crippen molar-refractivity contribution in [3.8, 4) is 0 Å². The topological polar surface area (TPSA) is 71.4 Å². The summed E-state index contributed by atoms with van der Waals surface area (Å²) in [6.45, 7) is -0.0517. The quantitative estimate of drug-likeness (QED) is 0.888. The Morgan fingerprint density at radius 3 is 2.52 bits per heavy atom. The summed E-state index contributed by atoms with van der Waals surface area (Å²) in [5.41, 5.74) is -1.74. The van der Waals surface area contributed by atoms with Gasteiger partial charge in [0.2, 0.25) is 11.8 Å². The molecule has 0 spiro atoms. The van der Waals surface area contributed by atoms with Crippen molar-refractivity contribution in [1.29, 1.82) is 0 Å². The van der Waals surface area contributed by atoms with Gasteiger partial charge in [-0.2, -0.15) is 13.2 Å². The number of anilines is 2. The van der Waals surface area contributed by atoms with Gasteiger partial charge in [-0.3, -0.25) is 14.4 Å². The highest BCUT2D eigenvalue weighted by atomic mass is 19.4. The van der Waals surface area contributed by atoms with Gasteiger partial charge in [-0.15, -0.1) is 0 Å². The van der Waals surface area contributed by atoms with E-state index in [1.807, 2.05) is 0 Å². The van der Waals surface area contributed by atoms with Crippen LogP contribution in [0.25, 0.3) is 0 Å². The second-order valence-corrected chi connectivity index (χ2v) is 6.07. The highest BCUT2D eigenvalue weighted by Gasteiger charge is 2.34. The Balaban J connectivity index is 1.80. The van der Waals surface area contributed by atoms with Crippen molar-refractivity contribution in [3.63, 3.8) is 0 Å². The molecule has 27 heavy (non-hydrogen) atoms. The Labute approximate surface area is 152 Å². The molecule has 1 saturated heterocycles. The highest BCUT2D eigenvalue weighted by molar-refractivity contribution is 6.02. The van der Waals surface area contributed by atoms with Gasteiger partial charge in [0.05, 0.1) is 11.4 Å². The van der Waals surface area contributed by atoms with E-state index >= 15 is 0 Å². The third-order valence-corrected chi connectivity index (χ3v) is 4.18. The lowest BCUT2D eigenvalue weighted by Gasteiger charge is -2.20. The zero-order valence-corrected chi connectivity index (χ0v) is 14.1. The normalized spacial score (nSPS) is 14.5. The number of halogens is 3. The fourth-order valence-corrected chi connectivity index (χ4v) is 2.94. The number of pyridine rings is 1. The van der Waals surface area contributed by atoms with Crippen LogP contribution >= 0.6 is 0 Å². The monoisotopic (exact) mass is 379 g/mol. The number of para-hydroxylation sites is 2. The number of carbonyl (C=O) groups is 2. The zero-order chi connectivity index (χ0) is 19.6. The first-order chi connectivity index (χ1) is 12.8. The van der Waals surface area contributed by atoms with Crippen molar-refractivity contribution >= 4 is 23.2 Å². The molecule has 3 rings (SSSR count). The van der Waals surface area contributed by atoms with Crippen LogP contribution in [0.2, 0.25) is 0 Å². The minimum atomic E-state index is -4.79. The maximum absolute atomic E-state index is 12.8. The van der Waals surface area contributed by atoms with Gasteiger partial charge in [0.1, 0.15) is 12.1 Å². The van der Waals surface area contributed by atoms with E-state index in [1.165, 1.54) is 0 Å². The van der Waals surface area contributed by atoms with Gasteiger partial charge in [0.25, 0.3) is 5.56 Å². The Hall–Kier alpha value is -3.10. The molecule has 1 aliphatic rings. The van der Waals surface area contributed by atoms with Crippen LogP contribution in [-0.2, 0) is 22.3 Å². The molecule has 9 heteroatoms. The number of benzene rings is 1. The zero-order valence-electron chi connectivity index (χ0n) is 14.1. The van der Waals surface area contributed by atoms with E-state index < -0.39 is 29.8 Å². The predicted molar refractivity (Wildman–Crippen MR) is 92.4 cm³/mol. The third-order valence-electron chi connectivity index (χ3n) is 4.18. The van der Waals surface area contributed by atoms with Crippen LogP contribution in [0.15, 0.2) is 47.4 Å². The Morgan fingerprint density at radius 2 is 1.85 bits per heavy atom. The second-order valence-electron chi connectivity index (χ2n) is 6.07. The summed E-state index contributed by atoms with van der Waals surface area (Å²) in [6.07, 6.45) is -2.55. The number of alkyl halides is 3. The largest absolute Gasteiger partial charge is 0.421 e. The maximum atomic E-state index is 12.8. The van der Waals surface area contributed by atoms with Crippen molar-refractivity contribution < 1.29 is 22.8 Å². The summed E-state index contributed by atoms with van der Waals surface area (Å²) >= 11 is 0. The second kappa shape index (κ2) is 7.26. The minimum absolute atomic E-state index is 0.0641. The average Bonchev–Trinajstić information content (AvgIpc) is 3.02. The van der Waals surface area contributed by atoms with Gasteiger partial charge in [-0.1, -0.05) is 12.1 Å². The number of hydrogen-bond acceptors (Lipinski definition) is 3. The van der Waals surface area contributed by atoms with E-state index in [2.05, 4.69) is 5.32 Å². The van der Waals surface area contributed by atoms with Gasteiger partial charge in [0.15, 0.2) is 0 Å². The van der Waals surface area contributed by atoms with E-state index in [4.69, 9.17) is 0 Å². The minimum Gasteiger partial charge on any atom is -0.323 e. The Morgan fingerprint density at radius 1 is 1.11 bits per heavy atom. The lowest BCUT2D eigenvalue weighted by Crippen LogP contribution is -2.32. The van der Waals surface area contributed by atoms with Gasteiger partial charge in [-0.25, -0.2) is 0 Å². The smallest absolute Gasteiger partial charge is 0.323 e. The van der Waals surface area contributed by atoms with Crippen molar-refractivity contribution in [2.75, 3.05) is 16.8 Å². The summed E-state index contributed by atoms with van der Waals surface area (Å²) in [5, 5.41) is 2.57. The molecule has 0 atom stereocenters. The van der Waals surface area contributed by atoms with E-state index in [0.29, 0.717) is 41.4 Å². The Kier molecular flexibility index (Phi) is 5.02. The van der Waals surface area contributed by atoms with Gasteiger partial charge >= 0.3 is 6.18 Å². The molecule has 0 bridgehead atoms. The maximum Gasteiger partial charge on any atom is 0.421 e. The molecule has 0 unspecified atom stereocenters. The number of hydrogen-bond donors (Lipinski definition) is 1. The number of amides is 2. The van der Waals surface area contributed by atoms with Gasteiger partial charge in [0, 0.05) is 19.2 Å². The number of aromatic nitrogens is 1. The molecule has 2 amide bonds. The van der Waals surface area contributed by atoms with Gasteiger partial charge in [-0.05, 0) is 30.7 Å². The molecule has 2 heterocycles. The predicted octanol–water partition coefficient (Wildman–Crippen LogP) is 2.63. The van der Waals surface area contributed by atoms with Crippen LogP contribution in [0.3, 0.4) is 0 Å².